The van der Waals surface area contributed by atoms with E-state index >= 15 is 0 Å². The predicted octanol–water partition coefficient (Wildman–Crippen LogP) is 1.82. The molecule has 0 saturated carbocycles. The predicted molar refractivity (Wildman–Crippen MR) is 53.3 cm³/mol. The Labute approximate surface area is 77.0 Å². The Hall–Kier alpha value is -0.570. The van der Waals surface area contributed by atoms with E-state index in [1.54, 1.807) is 0 Å². The lowest BCUT2D eigenvalue weighted by Crippen LogP contribution is -2.03. The van der Waals surface area contributed by atoms with Crippen LogP contribution in [0.2, 0.25) is 0 Å². The summed E-state index contributed by atoms with van der Waals surface area (Å²) in [7, 11) is 1.35. The van der Waals surface area contributed by atoms with E-state index in [9.17, 15) is 4.79 Å². The average molecular weight is 177 g/mol. The van der Waals surface area contributed by atoms with Gasteiger partial charge in [0, 0.05) is 8.35 Å². The van der Waals surface area contributed by atoms with Crippen molar-refractivity contribution >= 4 is 5.97 Å². The van der Waals surface area contributed by atoms with Crippen LogP contribution in [0.15, 0.2) is 0 Å². The molecule has 0 aromatic rings. The first-order valence-corrected chi connectivity index (χ1v) is 4.52. The van der Waals surface area contributed by atoms with Gasteiger partial charge < -0.3 is 10.1 Å². The second-order valence-corrected chi connectivity index (χ2v) is 2.15. The summed E-state index contributed by atoms with van der Waals surface area (Å²) in [6, 6.07) is 0. The minimum atomic E-state index is -0.245. The highest BCUT2D eigenvalue weighted by molar-refractivity contribution is 5.65. The van der Waals surface area contributed by atoms with Crippen LogP contribution in [0.3, 0.4) is 0 Å². The monoisotopic (exact) mass is 177 g/mol. The summed E-state index contributed by atoms with van der Waals surface area (Å²) in [6.07, 6.45) is 2.78. The maximum atomic E-state index is 9.59. The molecule has 0 aromatic heterocycles. The van der Waals surface area contributed by atoms with Gasteiger partial charge in [0.05, 0.1) is 7.11 Å². The quantitative estimate of drug-likeness (QED) is 0.574. The Morgan fingerprint density at radius 2 is 1.67 bits per heavy atom. The van der Waals surface area contributed by atoms with Crippen LogP contribution in [0.1, 0.15) is 35.0 Å². The molecule has 1 saturated heterocycles. The van der Waals surface area contributed by atoms with E-state index in [0.29, 0.717) is 0 Å². The lowest BCUT2D eigenvalue weighted by molar-refractivity contribution is -0.137. The zero-order valence-electron chi connectivity index (χ0n) is 8.64. The minimum Gasteiger partial charge on any atom is -0.469 e. The van der Waals surface area contributed by atoms with Crippen molar-refractivity contribution in [1.82, 2.24) is 5.32 Å². The molecule has 0 aromatic carbocycles. The maximum absolute atomic E-state index is 9.59. The van der Waals surface area contributed by atoms with Crippen molar-refractivity contribution in [2.45, 2.75) is 33.6 Å². The molecule has 3 nitrogen and oxygen atoms in total. The number of nitrogens with one attached hydrogen (secondary N) is 1. The molecular weight excluding hydrogens is 154 g/mol. The summed E-state index contributed by atoms with van der Waals surface area (Å²) in [5.74, 6) is -0.245. The van der Waals surface area contributed by atoms with E-state index in [2.05, 4.69) is 10.1 Å². The van der Waals surface area contributed by atoms with Gasteiger partial charge in [-0.25, -0.2) is 0 Å². The van der Waals surface area contributed by atoms with Gasteiger partial charge in [0.25, 0.3) is 0 Å². The topological polar surface area (TPSA) is 38.3 Å². The van der Waals surface area contributed by atoms with Crippen LogP contribution in [-0.2, 0) is 9.53 Å². The molecule has 12 heavy (non-hydrogen) atoms. The van der Waals surface area contributed by atoms with E-state index in [4.69, 9.17) is 0 Å². The Morgan fingerprint density at radius 3 is 1.75 bits per heavy atom. The Morgan fingerprint density at radius 1 is 1.33 bits per heavy atom. The summed E-state index contributed by atoms with van der Waals surface area (Å²) in [5, 5.41) is 3.22. The van der Waals surface area contributed by atoms with Gasteiger partial charge in [-0.05, 0) is 25.9 Å². The Balaban J connectivity index is -0.000000122. The van der Waals surface area contributed by atoms with Gasteiger partial charge in [-0.2, -0.15) is 0 Å². The highest BCUT2D eigenvalue weighted by Crippen LogP contribution is 1.90. The van der Waals surface area contributed by atoms with Gasteiger partial charge in [0.1, 0.15) is 0 Å². The molecule has 1 heterocycles. The number of carbonyl (C=O) groups is 1. The molecule has 0 spiro atoms. The van der Waals surface area contributed by atoms with E-state index < -0.39 is 0 Å². The SMILES string of the molecule is C1CCNC1.CC.COC(C)=O.[HH]. The highest BCUT2D eigenvalue weighted by atomic mass is 16.5. The zero-order chi connectivity index (χ0) is 9.82. The summed E-state index contributed by atoms with van der Waals surface area (Å²) < 4.78 is 4.11. The number of rotatable bonds is 0. The van der Waals surface area contributed by atoms with Crippen molar-refractivity contribution in [3.63, 3.8) is 0 Å². The molecule has 3 heteroatoms. The minimum absolute atomic E-state index is 0. The van der Waals surface area contributed by atoms with Crippen LogP contribution in [-0.4, -0.2) is 26.2 Å². The third-order valence-corrected chi connectivity index (χ3v) is 1.24. The van der Waals surface area contributed by atoms with Crippen molar-refractivity contribution in [1.29, 1.82) is 0 Å². The lowest BCUT2D eigenvalue weighted by Gasteiger charge is -1.80. The molecular formula is C9H23NO2. The fourth-order valence-corrected chi connectivity index (χ4v) is 0.625. The standard InChI is InChI=1S/C4H9N.C3H6O2.C2H6.H2/c1-2-4-5-3-1;1-3(4)5-2;1-2;/h5H,1-4H2;1-2H3;1-2H3;1H. The molecule has 1 rings (SSSR count). The normalized spacial score (nSPS) is 13.3. The second kappa shape index (κ2) is 13.1. The molecule has 76 valence electrons. The van der Waals surface area contributed by atoms with Gasteiger partial charge in [-0.3, -0.25) is 4.79 Å². The average Bonchev–Trinajstić information content (AvgIpc) is 2.65. The third-order valence-electron chi connectivity index (χ3n) is 1.24. The van der Waals surface area contributed by atoms with Crippen LogP contribution >= 0.6 is 0 Å². The third kappa shape index (κ3) is 16.2. The van der Waals surface area contributed by atoms with E-state index in [1.807, 2.05) is 13.8 Å². The van der Waals surface area contributed by atoms with Crippen LogP contribution in [0.5, 0.6) is 0 Å². The molecule has 0 aliphatic carbocycles. The maximum Gasteiger partial charge on any atom is 0.302 e. The molecule has 0 unspecified atom stereocenters. The van der Waals surface area contributed by atoms with Crippen LogP contribution < -0.4 is 5.32 Å². The van der Waals surface area contributed by atoms with Crippen molar-refractivity contribution < 1.29 is 11.0 Å². The molecule has 0 bridgehead atoms. The summed E-state index contributed by atoms with van der Waals surface area (Å²) in [6.45, 7) is 7.86. The molecule has 1 N–H and O–H groups in total. The van der Waals surface area contributed by atoms with Crippen molar-refractivity contribution in [3.8, 4) is 0 Å². The van der Waals surface area contributed by atoms with Crippen LogP contribution in [0, 0.1) is 0 Å². The van der Waals surface area contributed by atoms with E-state index in [1.165, 1.54) is 40.0 Å². The largest absolute Gasteiger partial charge is 0.469 e. The number of hydrogen-bond acceptors (Lipinski definition) is 3. The van der Waals surface area contributed by atoms with Crippen molar-refractivity contribution in [2.24, 2.45) is 0 Å². The Bertz CT molecular complexity index is 88.0. The molecule has 1 fully saturated rings. The summed E-state index contributed by atoms with van der Waals surface area (Å²) in [4.78, 5) is 9.59. The van der Waals surface area contributed by atoms with Gasteiger partial charge in [-0.1, -0.05) is 13.8 Å². The Kier molecular flexibility index (Phi) is 15.2. The summed E-state index contributed by atoms with van der Waals surface area (Å²) in [5.41, 5.74) is 0. The van der Waals surface area contributed by atoms with Crippen LogP contribution in [0.4, 0.5) is 0 Å². The fourth-order valence-electron chi connectivity index (χ4n) is 0.625. The van der Waals surface area contributed by atoms with Gasteiger partial charge in [0.15, 0.2) is 0 Å². The lowest BCUT2D eigenvalue weighted by atomic mass is 10.4. The first-order valence-electron chi connectivity index (χ1n) is 4.52. The summed E-state index contributed by atoms with van der Waals surface area (Å²) >= 11 is 0. The highest BCUT2D eigenvalue weighted by Gasteiger charge is 1.93. The van der Waals surface area contributed by atoms with Gasteiger partial charge in [-0.15, -0.1) is 0 Å². The van der Waals surface area contributed by atoms with Crippen molar-refractivity contribution in [2.75, 3.05) is 20.2 Å². The first-order chi connectivity index (χ1) is 5.77. The number of carbonyl (C=O) groups excluding carboxylic acids is 1. The van der Waals surface area contributed by atoms with E-state index in [-0.39, 0.29) is 7.40 Å². The smallest absolute Gasteiger partial charge is 0.302 e. The number of ether oxygens (including phenoxy) is 1. The molecule has 0 atom stereocenters. The first kappa shape index (κ1) is 14.0. The number of hydrogen-bond donors (Lipinski definition) is 1. The van der Waals surface area contributed by atoms with Crippen molar-refractivity contribution in [3.05, 3.63) is 0 Å². The molecule has 0 radical (unpaired) electrons. The van der Waals surface area contributed by atoms with Crippen LogP contribution in [0.25, 0.3) is 0 Å². The fraction of sp³-hybridized carbons (Fsp3) is 0.889. The molecule has 1 aliphatic rings. The molecule has 0 amide bonds. The number of esters is 1. The number of methoxy groups -OCH3 is 1. The molecule has 1 aliphatic heterocycles. The van der Waals surface area contributed by atoms with E-state index in [0.717, 1.165) is 0 Å². The second-order valence-electron chi connectivity index (χ2n) is 2.15. The van der Waals surface area contributed by atoms with Gasteiger partial charge >= 0.3 is 5.97 Å². The zero-order valence-corrected chi connectivity index (χ0v) is 8.64. The van der Waals surface area contributed by atoms with Gasteiger partial charge in [0.2, 0.25) is 0 Å².